The fourth-order valence-corrected chi connectivity index (χ4v) is 0.169. The molecule has 0 radical (unpaired) electrons. The van der Waals surface area contributed by atoms with E-state index in [4.69, 9.17) is 10.8 Å². The van der Waals surface area contributed by atoms with E-state index < -0.39 is 11.9 Å². The molecule has 0 spiro atoms. The van der Waals surface area contributed by atoms with Crippen molar-refractivity contribution in [3.8, 4) is 0 Å². The summed E-state index contributed by atoms with van der Waals surface area (Å²) >= 11 is 0. The third-order valence-electron chi connectivity index (χ3n) is 1.11. The fourth-order valence-electron chi connectivity index (χ4n) is 0.169. The number of hydrogen-bond donors (Lipinski definition) is 3. The Kier molecular flexibility index (Phi) is 7.32. The highest BCUT2D eigenvalue weighted by molar-refractivity contribution is 5.86. The minimum Gasteiger partial charge on any atom is -0.478 e. The van der Waals surface area contributed by atoms with E-state index in [0.29, 0.717) is 5.70 Å². The van der Waals surface area contributed by atoms with Crippen LogP contribution in [-0.2, 0) is 9.59 Å². The van der Waals surface area contributed by atoms with Crippen molar-refractivity contribution in [2.75, 3.05) is 0 Å². The summed E-state index contributed by atoms with van der Waals surface area (Å²) in [7, 11) is 0. The number of nitrogens with two attached hydrogens (primary N) is 2. The molecule has 0 unspecified atom stereocenters. The van der Waals surface area contributed by atoms with Gasteiger partial charge in [0.2, 0.25) is 5.91 Å². The van der Waals surface area contributed by atoms with Gasteiger partial charge in [0.1, 0.15) is 0 Å². The lowest BCUT2D eigenvalue weighted by molar-refractivity contribution is -0.132. The van der Waals surface area contributed by atoms with Crippen LogP contribution in [-0.4, -0.2) is 17.0 Å². The molecule has 13 heavy (non-hydrogen) atoms. The maximum atomic E-state index is 10.0. The number of allylic oxidation sites excluding steroid dienone is 1. The number of carboxylic acids is 1. The molecule has 0 bridgehead atoms. The molecule has 0 aliphatic carbocycles. The van der Waals surface area contributed by atoms with Crippen molar-refractivity contribution in [3.05, 3.63) is 23.9 Å². The van der Waals surface area contributed by atoms with Crippen LogP contribution < -0.4 is 11.5 Å². The molecule has 5 N–H and O–H groups in total. The molecule has 0 saturated carbocycles. The second-order valence-corrected chi connectivity index (χ2v) is 2.22. The third-order valence-corrected chi connectivity index (χ3v) is 1.11. The molecule has 0 fully saturated rings. The SMILES string of the molecule is C=CC(N)=O.CC(N)=C(C)C(=O)O. The molecule has 0 rings (SSSR count). The summed E-state index contributed by atoms with van der Waals surface area (Å²) in [5.74, 6) is -1.44. The zero-order valence-corrected chi connectivity index (χ0v) is 7.70. The smallest absolute Gasteiger partial charge is 0.333 e. The Morgan fingerprint density at radius 1 is 1.31 bits per heavy atom. The first-order valence-electron chi connectivity index (χ1n) is 3.41. The van der Waals surface area contributed by atoms with Crippen molar-refractivity contribution < 1.29 is 14.7 Å². The largest absolute Gasteiger partial charge is 0.478 e. The summed E-state index contributed by atoms with van der Waals surface area (Å²) in [5, 5.41) is 8.21. The zero-order chi connectivity index (χ0) is 11.0. The Morgan fingerprint density at radius 3 is 1.62 bits per heavy atom. The van der Waals surface area contributed by atoms with E-state index in [9.17, 15) is 9.59 Å². The van der Waals surface area contributed by atoms with Crippen molar-refractivity contribution in [3.63, 3.8) is 0 Å². The molecule has 74 valence electrons. The van der Waals surface area contributed by atoms with E-state index in [0.717, 1.165) is 6.08 Å². The van der Waals surface area contributed by atoms with Crippen LogP contribution in [0.3, 0.4) is 0 Å². The summed E-state index contributed by atoms with van der Waals surface area (Å²) in [6, 6.07) is 0. The van der Waals surface area contributed by atoms with Gasteiger partial charge in [0.15, 0.2) is 0 Å². The average molecular weight is 186 g/mol. The van der Waals surface area contributed by atoms with Gasteiger partial charge in [0.25, 0.3) is 0 Å². The minimum atomic E-state index is -0.954. The van der Waals surface area contributed by atoms with Crippen LogP contribution >= 0.6 is 0 Å². The molecule has 5 nitrogen and oxygen atoms in total. The van der Waals surface area contributed by atoms with Crippen LogP contribution in [0.4, 0.5) is 0 Å². The number of carbonyl (C=O) groups is 2. The standard InChI is InChI=1S/C5H9NO2.C3H5NO/c1-3(4(2)6)5(7)8;1-2-3(4)5/h6H2,1-2H3,(H,7,8);2H,1H2,(H2,4,5). The van der Waals surface area contributed by atoms with E-state index in [-0.39, 0.29) is 5.57 Å². The first-order valence-corrected chi connectivity index (χ1v) is 3.41. The van der Waals surface area contributed by atoms with E-state index >= 15 is 0 Å². The van der Waals surface area contributed by atoms with Gasteiger partial charge in [-0.1, -0.05) is 6.58 Å². The van der Waals surface area contributed by atoms with Crippen LogP contribution in [0.5, 0.6) is 0 Å². The van der Waals surface area contributed by atoms with E-state index in [1.165, 1.54) is 6.92 Å². The Bertz CT molecular complexity index is 240. The van der Waals surface area contributed by atoms with Crippen LogP contribution in [0.2, 0.25) is 0 Å². The number of aliphatic carboxylic acids is 1. The van der Waals surface area contributed by atoms with Gasteiger partial charge in [-0.15, -0.1) is 0 Å². The van der Waals surface area contributed by atoms with E-state index in [1.807, 2.05) is 0 Å². The Labute approximate surface area is 76.7 Å². The van der Waals surface area contributed by atoms with Crippen molar-refractivity contribution >= 4 is 11.9 Å². The predicted octanol–water partition coefficient (Wildman–Crippen LogP) is -0.0187. The van der Waals surface area contributed by atoms with Gasteiger partial charge < -0.3 is 16.6 Å². The minimum absolute atomic E-state index is 0.213. The molecular formula is C8H14N2O3. The summed E-state index contributed by atoms with van der Waals surface area (Å²) in [4.78, 5) is 19.5. The van der Waals surface area contributed by atoms with E-state index in [2.05, 4.69) is 12.3 Å². The molecule has 0 aliphatic rings. The number of amides is 1. The normalized spacial score (nSPS) is 10.3. The Balaban J connectivity index is 0. The van der Waals surface area contributed by atoms with Gasteiger partial charge in [-0.05, 0) is 19.9 Å². The highest BCUT2D eigenvalue weighted by Gasteiger charge is 1.99. The lowest BCUT2D eigenvalue weighted by Crippen LogP contribution is -2.04. The Morgan fingerprint density at radius 2 is 1.62 bits per heavy atom. The van der Waals surface area contributed by atoms with Crippen LogP contribution in [0.25, 0.3) is 0 Å². The summed E-state index contributed by atoms with van der Waals surface area (Å²) < 4.78 is 0. The number of hydrogen-bond acceptors (Lipinski definition) is 3. The topological polar surface area (TPSA) is 106 Å². The monoisotopic (exact) mass is 186 g/mol. The molecular weight excluding hydrogens is 172 g/mol. The van der Waals surface area contributed by atoms with Crippen LogP contribution in [0.15, 0.2) is 23.9 Å². The molecule has 1 amide bonds. The van der Waals surface area contributed by atoms with Gasteiger partial charge in [-0.3, -0.25) is 4.79 Å². The Hall–Kier alpha value is -1.78. The van der Waals surface area contributed by atoms with Crippen molar-refractivity contribution in [1.82, 2.24) is 0 Å². The third kappa shape index (κ3) is 10.2. The first kappa shape index (κ1) is 13.8. The quantitative estimate of drug-likeness (QED) is 0.527. The molecule has 5 heteroatoms. The van der Waals surface area contributed by atoms with Gasteiger partial charge in [0.05, 0.1) is 5.57 Å². The zero-order valence-electron chi connectivity index (χ0n) is 7.70. The lowest BCUT2D eigenvalue weighted by Gasteiger charge is -1.92. The number of primary amides is 1. The first-order chi connectivity index (χ1) is 5.82. The van der Waals surface area contributed by atoms with Gasteiger partial charge in [0, 0.05) is 5.70 Å². The molecule has 0 aliphatic heterocycles. The van der Waals surface area contributed by atoms with Crippen LogP contribution in [0, 0.1) is 0 Å². The summed E-state index contributed by atoms with van der Waals surface area (Å²) in [6.07, 6.45) is 1.06. The number of carbonyl (C=O) groups excluding carboxylic acids is 1. The maximum Gasteiger partial charge on any atom is 0.333 e. The molecule has 0 saturated heterocycles. The van der Waals surface area contributed by atoms with Crippen molar-refractivity contribution in [1.29, 1.82) is 0 Å². The number of rotatable bonds is 2. The van der Waals surface area contributed by atoms with Crippen molar-refractivity contribution in [2.24, 2.45) is 11.5 Å². The highest BCUT2D eigenvalue weighted by Crippen LogP contribution is 1.94. The predicted molar refractivity (Wildman–Crippen MR) is 49.6 cm³/mol. The van der Waals surface area contributed by atoms with Gasteiger partial charge >= 0.3 is 5.97 Å². The number of carboxylic acid groups (broad SMARTS) is 1. The molecule has 0 aromatic carbocycles. The second-order valence-electron chi connectivity index (χ2n) is 2.22. The molecule has 0 aromatic heterocycles. The lowest BCUT2D eigenvalue weighted by atomic mass is 10.2. The molecule has 0 heterocycles. The maximum absolute atomic E-state index is 10.0. The summed E-state index contributed by atoms with van der Waals surface area (Å²) in [6.45, 7) is 6.11. The van der Waals surface area contributed by atoms with Crippen LogP contribution in [0.1, 0.15) is 13.8 Å². The highest BCUT2D eigenvalue weighted by atomic mass is 16.4. The van der Waals surface area contributed by atoms with Crippen molar-refractivity contribution in [2.45, 2.75) is 13.8 Å². The van der Waals surface area contributed by atoms with E-state index in [1.54, 1.807) is 6.92 Å². The average Bonchev–Trinajstić information content (AvgIpc) is 2.03. The second kappa shape index (κ2) is 6.90. The molecule has 0 aromatic rings. The molecule has 0 atom stereocenters. The van der Waals surface area contributed by atoms with Gasteiger partial charge in [-0.2, -0.15) is 0 Å². The van der Waals surface area contributed by atoms with Gasteiger partial charge in [-0.25, -0.2) is 4.79 Å². The fraction of sp³-hybridized carbons (Fsp3) is 0.250. The summed E-state index contributed by atoms with van der Waals surface area (Å²) in [5.41, 5.74) is 10.2.